The molecule has 4 nitrogen and oxygen atoms in total. The first-order valence-corrected chi connectivity index (χ1v) is 7.02. The molecule has 1 heterocycles. The van der Waals surface area contributed by atoms with E-state index >= 15 is 0 Å². The van der Waals surface area contributed by atoms with Crippen LogP contribution in [0, 0.1) is 0 Å². The highest BCUT2D eigenvalue weighted by atomic mass is 32.1. The van der Waals surface area contributed by atoms with E-state index in [0.717, 1.165) is 32.8 Å². The Morgan fingerprint density at radius 3 is 2.32 bits per heavy atom. The molecule has 2 N–H and O–H groups in total. The second kappa shape index (κ2) is 4.74. The summed E-state index contributed by atoms with van der Waals surface area (Å²) in [5.41, 5.74) is 7.88. The molecule has 0 spiro atoms. The molecule has 0 radical (unpaired) electrons. The van der Waals surface area contributed by atoms with Crippen molar-refractivity contribution in [3.8, 4) is 22.8 Å². The molecule has 1 saturated carbocycles. The largest absolute Gasteiger partial charge is 0.497 e. The monoisotopic (exact) mass is 276 g/mol. The topological polar surface area (TPSA) is 57.4 Å². The zero-order chi connectivity index (χ0) is 13.4. The van der Waals surface area contributed by atoms with Gasteiger partial charge in [-0.05, 0) is 25.0 Å². The Hall–Kier alpha value is -1.75. The molecule has 19 heavy (non-hydrogen) atoms. The van der Waals surface area contributed by atoms with Gasteiger partial charge in [0, 0.05) is 17.5 Å². The first-order chi connectivity index (χ1) is 9.21. The maximum Gasteiger partial charge on any atom is 0.123 e. The smallest absolute Gasteiger partial charge is 0.123 e. The molecule has 100 valence electrons. The van der Waals surface area contributed by atoms with Crippen molar-refractivity contribution >= 4 is 16.3 Å². The Balaban J connectivity index is 2.04. The van der Waals surface area contributed by atoms with Gasteiger partial charge in [-0.1, -0.05) is 0 Å². The van der Waals surface area contributed by atoms with Crippen LogP contribution >= 0.6 is 11.3 Å². The van der Waals surface area contributed by atoms with Gasteiger partial charge in [0.1, 0.15) is 22.2 Å². The number of hydrogen-bond donors (Lipinski definition) is 1. The zero-order valence-electron chi connectivity index (χ0n) is 11.0. The lowest BCUT2D eigenvalue weighted by Crippen LogP contribution is -1.91. The average molecular weight is 276 g/mol. The standard InChI is InChI=1S/C14H16N2O2S/c1-17-10-5-9(6-11(7-10)18-2)12-13(15)19-14(16-12)8-3-4-8/h5-8H,3-4,15H2,1-2H3. The van der Waals surface area contributed by atoms with Gasteiger partial charge in [0.15, 0.2) is 0 Å². The molecular weight excluding hydrogens is 260 g/mol. The Labute approximate surface area is 116 Å². The highest BCUT2D eigenvalue weighted by Crippen LogP contribution is 2.45. The second-order valence-electron chi connectivity index (χ2n) is 4.64. The van der Waals surface area contributed by atoms with Gasteiger partial charge < -0.3 is 15.2 Å². The third-order valence-corrected chi connectivity index (χ3v) is 4.27. The van der Waals surface area contributed by atoms with E-state index in [4.69, 9.17) is 15.2 Å². The van der Waals surface area contributed by atoms with Crippen molar-refractivity contribution in [1.82, 2.24) is 4.98 Å². The molecule has 3 rings (SSSR count). The van der Waals surface area contributed by atoms with E-state index in [1.54, 1.807) is 25.6 Å². The third kappa shape index (κ3) is 2.38. The molecule has 0 amide bonds. The highest BCUT2D eigenvalue weighted by Gasteiger charge is 2.28. The fourth-order valence-corrected chi connectivity index (χ4v) is 3.03. The molecule has 0 saturated heterocycles. The molecular formula is C14H16N2O2S. The SMILES string of the molecule is COc1cc(OC)cc(-c2nc(C3CC3)sc2N)c1. The van der Waals surface area contributed by atoms with Crippen LogP contribution in [0.3, 0.4) is 0 Å². The van der Waals surface area contributed by atoms with Crippen LogP contribution in [0.15, 0.2) is 18.2 Å². The van der Waals surface area contributed by atoms with Crippen LogP contribution in [-0.4, -0.2) is 19.2 Å². The maximum absolute atomic E-state index is 6.10. The summed E-state index contributed by atoms with van der Waals surface area (Å²) in [6, 6.07) is 5.71. The van der Waals surface area contributed by atoms with Crippen molar-refractivity contribution < 1.29 is 9.47 Å². The molecule has 1 fully saturated rings. The summed E-state index contributed by atoms with van der Waals surface area (Å²) in [7, 11) is 3.27. The van der Waals surface area contributed by atoms with Crippen LogP contribution in [0.2, 0.25) is 0 Å². The van der Waals surface area contributed by atoms with Gasteiger partial charge in [0.25, 0.3) is 0 Å². The molecule has 0 unspecified atom stereocenters. The molecule has 0 bridgehead atoms. The summed E-state index contributed by atoms with van der Waals surface area (Å²) in [4.78, 5) is 4.68. The first-order valence-electron chi connectivity index (χ1n) is 6.21. The molecule has 2 aromatic rings. The predicted octanol–water partition coefficient (Wildman–Crippen LogP) is 3.29. The fraction of sp³-hybridized carbons (Fsp3) is 0.357. The quantitative estimate of drug-likeness (QED) is 0.931. The summed E-state index contributed by atoms with van der Waals surface area (Å²) >= 11 is 1.59. The van der Waals surface area contributed by atoms with Crippen molar-refractivity contribution in [3.05, 3.63) is 23.2 Å². The number of benzene rings is 1. The van der Waals surface area contributed by atoms with E-state index in [9.17, 15) is 0 Å². The van der Waals surface area contributed by atoms with Gasteiger partial charge in [-0.3, -0.25) is 0 Å². The van der Waals surface area contributed by atoms with Crippen LogP contribution in [0.1, 0.15) is 23.8 Å². The number of anilines is 1. The van der Waals surface area contributed by atoms with Gasteiger partial charge in [-0.15, -0.1) is 11.3 Å². The molecule has 1 aromatic heterocycles. The van der Waals surface area contributed by atoms with Gasteiger partial charge in [0.05, 0.1) is 19.2 Å². The van der Waals surface area contributed by atoms with Crippen molar-refractivity contribution in [3.63, 3.8) is 0 Å². The Morgan fingerprint density at radius 1 is 1.16 bits per heavy atom. The molecule has 0 aliphatic heterocycles. The summed E-state index contributed by atoms with van der Waals surface area (Å²) in [6.45, 7) is 0. The average Bonchev–Trinajstić information content (AvgIpc) is 3.21. The van der Waals surface area contributed by atoms with E-state index in [1.807, 2.05) is 18.2 Å². The van der Waals surface area contributed by atoms with Crippen molar-refractivity contribution in [2.75, 3.05) is 20.0 Å². The third-order valence-electron chi connectivity index (χ3n) is 3.22. The Kier molecular flexibility index (Phi) is 3.06. The van der Waals surface area contributed by atoms with E-state index < -0.39 is 0 Å². The molecule has 1 aliphatic carbocycles. The van der Waals surface area contributed by atoms with Gasteiger partial charge >= 0.3 is 0 Å². The number of nitrogen functional groups attached to an aromatic ring is 1. The number of hydrogen-bond acceptors (Lipinski definition) is 5. The number of ether oxygens (including phenoxy) is 2. The number of methoxy groups -OCH3 is 2. The van der Waals surface area contributed by atoms with Crippen molar-refractivity contribution in [1.29, 1.82) is 0 Å². The minimum atomic E-state index is 0.619. The minimum Gasteiger partial charge on any atom is -0.497 e. The lowest BCUT2D eigenvalue weighted by molar-refractivity contribution is 0.394. The van der Waals surface area contributed by atoms with Crippen LogP contribution in [0.4, 0.5) is 5.00 Å². The first kappa shape index (κ1) is 12.3. The van der Waals surface area contributed by atoms with E-state index in [0.29, 0.717) is 5.92 Å². The van der Waals surface area contributed by atoms with E-state index in [1.165, 1.54) is 12.8 Å². The van der Waals surface area contributed by atoms with Crippen LogP contribution < -0.4 is 15.2 Å². The number of rotatable bonds is 4. The molecule has 1 aliphatic rings. The highest BCUT2D eigenvalue weighted by molar-refractivity contribution is 7.16. The molecule has 0 atom stereocenters. The second-order valence-corrected chi connectivity index (χ2v) is 5.70. The van der Waals surface area contributed by atoms with E-state index in [2.05, 4.69) is 4.98 Å². The normalized spacial score (nSPS) is 14.4. The summed E-state index contributed by atoms with van der Waals surface area (Å²) in [6.07, 6.45) is 2.46. The lowest BCUT2D eigenvalue weighted by Gasteiger charge is -2.07. The summed E-state index contributed by atoms with van der Waals surface area (Å²) in [5.74, 6) is 2.11. The predicted molar refractivity (Wildman–Crippen MR) is 77.0 cm³/mol. The van der Waals surface area contributed by atoms with Crippen LogP contribution in [0.5, 0.6) is 11.5 Å². The van der Waals surface area contributed by atoms with E-state index in [-0.39, 0.29) is 0 Å². The number of thiazole rings is 1. The minimum absolute atomic E-state index is 0.619. The number of nitrogens with two attached hydrogens (primary N) is 1. The van der Waals surface area contributed by atoms with Crippen LogP contribution in [-0.2, 0) is 0 Å². The molecule has 5 heteroatoms. The summed E-state index contributed by atoms with van der Waals surface area (Å²) in [5, 5.41) is 1.91. The Bertz CT molecular complexity index is 583. The van der Waals surface area contributed by atoms with Gasteiger partial charge in [-0.25, -0.2) is 4.98 Å². The zero-order valence-corrected chi connectivity index (χ0v) is 11.8. The van der Waals surface area contributed by atoms with Crippen LogP contribution in [0.25, 0.3) is 11.3 Å². The maximum atomic E-state index is 6.10. The van der Waals surface area contributed by atoms with Gasteiger partial charge in [-0.2, -0.15) is 0 Å². The number of aromatic nitrogens is 1. The lowest BCUT2D eigenvalue weighted by atomic mass is 10.1. The number of nitrogens with zero attached hydrogens (tertiary/aromatic N) is 1. The van der Waals surface area contributed by atoms with Crippen molar-refractivity contribution in [2.45, 2.75) is 18.8 Å². The molecule has 1 aromatic carbocycles. The summed E-state index contributed by atoms with van der Waals surface area (Å²) < 4.78 is 10.6. The van der Waals surface area contributed by atoms with Gasteiger partial charge in [0.2, 0.25) is 0 Å². The Morgan fingerprint density at radius 2 is 1.79 bits per heavy atom. The van der Waals surface area contributed by atoms with Crippen molar-refractivity contribution in [2.24, 2.45) is 0 Å². The fourth-order valence-electron chi connectivity index (χ4n) is 2.00.